The normalized spacial score (nSPS) is 10.3. The van der Waals surface area contributed by atoms with Gasteiger partial charge < -0.3 is 4.74 Å². The van der Waals surface area contributed by atoms with Gasteiger partial charge in [-0.25, -0.2) is 0 Å². The molecular formula is C17H14N4OS. The maximum absolute atomic E-state index is 8.85. The van der Waals surface area contributed by atoms with Gasteiger partial charge in [-0.3, -0.25) is 4.57 Å². The predicted octanol–water partition coefficient (Wildman–Crippen LogP) is 3.56. The maximum Gasteiger partial charge on any atom is 0.197 e. The van der Waals surface area contributed by atoms with Crippen molar-refractivity contribution in [3.8, 4) is 28.9 Å². The molecule has 0 aliphatic rings. The van der Waals surface area contributed by atoms with Gasteiger partial charge in [-0.1, -0.05) is 42.1 Å². The Morgan fingerprint density at radius 2 is 1.83 bits per heavy atom. The molecule has 1 aromatic heterocycles. The lowest BCUT2D eigenvalue weighted by atomic mass is 10.2. The Hall–Kier alpha value is -2.78. The fraction of sp³-hybridized carbons (Fsp3) is 0.118. The van der Waals surface area contributed by atoms with E-state index in [1.807, 2.05) is 59.2 Å². The smallest absolute Gasteiger partial charge is 0.197 e. The van der Waals surface area contributed by atoms with Crippen LogP contribution in [0, 0.1) is 11.3 Å². The Balaban J connectivity index is 2.18. The van der Waals surface area contributed by atoms with Gasteiger partial charge in [-0.15, -0.1) is 10.2 Å². The van der Waals surface area contributed by atoms with Crippen molar-refractivity contribution >= 4 is 11.8 Å². The second kappa shape index (κ2) is 6.99. The summed E-state index contributed by atoms with van der Waals surface area (Å²) in [5.41, 5.74) is 1.80. The number of methoxy groups -OCH3 is 1. The standard InChI is InChI=1S/C17H14N4OS/c1-22-15-10-6-5-9-14(15)16-19-20-17(23-12-11-18)21(16)13-7-3-2-4-8-13/h2-10H,12H2,1H3. The summed E-state index contributed by atoms with van der Waals surface area (Å²) in [5, 5.41) is 18.1. The second-order valence-corrected chi connectivity index (χ2v) is 5.57. The topological polar surface area (TPSA) is 63.7 Å². The van der Waals surface area contributed by atoms with E-state index in [0.717, 1.165) is 17.0 Å². The predicted molar refractivity (Wildman–Crippen MR) is 89.7 cm³/mol. The molecular weight excluding hydrogens is 308 g/mol. The van der Waals surface area contributed by atoms with E-state index in [-0.39, 0.29) is 0 Å². The number of nitriles is 1. The molecule has 0 saturated carbocycles. The number of hydrogen-bond donors (Lipinski definition) is 0. The minimum absolute atomic E-state index is 0.316. The monoisotopic (exact) mass is 322 g/mol. The van der Waals surface area contributed by atoms with E-state index in [1.54, 1.807) is 7.11 Å². The van der Waals surface area contributed by atoms with Crippen LogP contribution in [0.5, 0.6) is 5.75 Å². The zero-order valence-corrected chi connectivity index (χ0v) is 13.3. The highest BCUT2D eigenvalue weighted by Crippen LogP contribution is 2.32. The molecule has 0 atom stereocenters. The molecule has 114 valence electrons. The minimum Gasteiger partial charge on any atom is -0.496 e. The lowest BCUT2D eigenvalue weighted by Crippen LogP contribution is -2.00. The number of aromatic nitrogens is 3. The molecule has 0 unspecified atom stereocenters. The quantitative estimate of drug-likeness (QED) is 0.672. The van der Waals surface area contributed by atoms with Gasteiger partial charge in [0, 0.05) is 5.69 Å². The summed E-state index contributed by atoms with van der Waals surface area (Å²) in [5.74, 6) is 1.74. The molecule has 0 amide bonds. The number of ether oxygens (including phenoxy) is 1. The van der Waals surface area contributed by atoms with E-state index >= 15 is 0 Å². The first-order valence-corrected chi connectivity index (χ1v) is 7.97. The van der Waals surface area contributed by atoms with Crippen molar-refractivity contribution in [2.24, 2.45) is 0 Å². The Labute approximate surface area is 138 Å². The summed E-state index contributed by atoms with van der Waals surface area (Å²) in [6.07, 6.45) is 0. The van der Waals surface area contributed by atoms with Crippen LogP contribution in [0.1, 0.15) is 0 Å². The molecule has 2 aromatic carbocycles. The third kappa shape index (κ3) is 3.05. The molecule has 0 fully saturated rings. The van der Waals surface area contributed by atoms with Crippen molar-refractivity contribution in [3.63, 3.8) is 0 Å². The fourth-order valence-electron chi connectivity index (χ4n) is 2.27. The molecule has 23 heavy (non-hydrogen) atoms. The fourth-order valence-corrected chi connectivity index (χ4v) is 2.89. The minimum atomic E-state index is 0.316. The number of hydrogen-bond acceptors (Lipinski definition) is 5. The van der Waals surface area contributed by atoms with Crippen LogP contribution in [0.4, 0.5) is 0 Å². The largest absolute Gasteiger partial charge is 0.496 e. The molecule has 5 nitrogen and oxygen atoms in total. The molecule has 0 bridgehead atoms. The van der Waals surface area contributed by atoms with Crippen LogP contribution in [-0.4, -0.2) is 27.6 Å². The number of benzene rings is 2. The molecule has 0 saturated heterocycles. The molecule has 1 heterocycles. The van der Waals surface area contributed by atoms with Gasteiger partial charge >= 0.3 is 0 Å². The third-order valence-corrected chi connectivity index (χ3v) is 4.06. The lowest BCUT2D eigenvalue weighted by Gasteiger charge is -2.11. The first-order chi connectivity index (χ1) is 11.3. The average Bonchev–Trinajstić information content (AvgIpc) is 3.04. The molecule has 0 radical (unpaired) electrons. The highest BCUT2D eigenvalue weighted by molar-refractivity contribution is 7.99. The van der Waals surface area contributed by atoms with Crippen LogP contribution in [0.25, 0.3) is 17.1 Å². The summed E-state index contributed by atoms with van der Waals surface area (Å²) in [6.45, 7) is 0. The molecule has 3 aromatic rings. The first-order valence-electron chi connectivity index (χ1n) is 6.99. The Bertz CT molecular complexity index is 839. The summed E-state index contributed by atoms with van der Waals surface area (Å²) in [6, 6.07) is 19.7. The molecule has 0 aliphatic carbocycles. The molecule has 0 N–H and O–H groups in total. The number of thioether (sulfide) groups is 1. The van der Waals surface area contributed by atoms with E-state index in [4.69, 9.17) is 10.00 Å². The van der Waals surface area contributed by atoms with E-state index in [2.05, 4.69) is 16.3 Å². The lowest BCUT2D eigenvalue weighted by molar-refractivity contribution is 0.416. The van der Waals surface area contributed by atoms with Crippen molar-refractivity contribution in [2.75, 3.05) is 12.9 Å². The van der Waals surface area contributed by atoms with Crippen molar-refractivity contribution in [1.82, 2.24) is 14.8 Å². The Morgan fingerprint density at radius 1 is 1.09 bits per heavy atom. The Morgan fingerprint density at radius 3 is 2.57 bits per heavy atom. The zero-order valence-electron chi connectivity index (χ0n) is 12.5. The molecule has 0 spiro atoms. The second-order valence-electron chi connectivity index (χ2n) is 4.62. The van der Waals surface area contributed by atoms with Gasteiger partial charge in [0.05, 0.1) is 24.5 Å². The highest BCUT2D eigenvalue weighted by atomic mass is 32.2. The van der Waals surface area contributed by atoms with Gasteiger partial charge in [0.2, 0.25) is 0 Å². The number of rotatable bonds is 5. The summed E-state index contributed by atoms with van der Waals surface area (Å²) in [7, 11) is 1.63. The van der Waals surface area contributed by atoms with Crippen molar-refractivity contribution in [3.05, 3.63) is 54.6 Å². The van der Waals surface area contributed by atoms with Gasteiger partial charge in [0.25, 0.3) is 0 Å². The SMILES string of the molecule is COc1ccccc1-c1nnc(SCC#N)n1-c1ccccc1. The molecule has 3 rings (SSSR count). The van der Waals surface area contributed by atoms with Crippen molar-refractivity contribution in [2.45, 2.75) is 5.16 Å². The van der Waals surface area contributed by atoms with Crippen LogP contribution < -0.4 is 4.74 Å². The zero-order chi connectivity index (χ0) is 16.1. The maximum atomic E-state index is 8.85. The highest BCUT2D eigenvalue weighted by Gasteiger charge is 2.18. The van der Waals surface area contributed by atoms with Crippen LogP contribution in [0.3, 0.4) is 0 Å². The van der Waals surface area contributed by atoms with Crippen LogP contribution in [-0.2, 0) is 0 Å². The van der Waals surface area contributed by atoms with Crippen LogP contribution in [0.15, 0.2) is 59.8 Å². The van der Waals surface area contributed by atoms with Crippen LogP contribution >= 0.6 is 11.8 Å². The third-order valence-electron chi connectivity index (χ3n) is 3.26. The van der Waals surface area contributed by atoms with Crippen LogP contribution in [0.2, 0.25) is 0 Å². The van der Waals surface area contributed by atoms with Crippen molar-refractivity contribution < 1.29 is 4.74 Å². The van der Waals surface area contributed by atoms with Crippen molar-refractivity contribution in [1.29, 1.82) is 5.26 Å². The number of para-hydroxylation sites is 2. The molecule has 0 aliphatic heterocycles. The van der Waals surface area contributed by atoms with Gasteiger partial charge in [-0.05, 0) is 24.3 Å². The first kappa shape index (κ1) is 15.1. The summed E-state index contributed by atoms with van der Waals surface area (Å²) in [4.78, 5) is 0. The average molecular weight is 322 g/mol. The van der Waals surface area contributed by atoms with E-state index in [1.165, 1.54) is 11.8 Å². The summed E-state index contributed by atoms with van der Waals surface area (Å²) >= 11 is 1.36. The van der Waals surface area contributed by atoms with E-state index in [9.17, 15) is 0 Å². The Kier molecular flexibility index (Phi) is 4.60. The number of nitrogens with zero attached hydrogens (tertiary/aromatic N) is 4. The van der Waals surface area contributed by atoms with Gasteiger partial charge in [-0.2, -0.15) is 5.26 Å². The van der Waals surface area contributed by atoms with E-state index in [0.29, 0.717) is 16.7 Å². The van der Waals surface area contributed by atoms with E-state index < -0.39 is 0 Å². The molecule has 6 heteroatoms. The van der Waals surface area contributed by atoms with Gasteiger partial charge in [0.15, 0.2) is 11.0 Å². The van der Waals surface area contributed by atoms with Gasteiger partial charge in [0.1, 0.15) is 5.75 Å². The summed E-state index contributed by atoms with van der Waals surface area (Å²) < 4.78 is 7.39.